The zero-order valence-corrected chi connectivity index (χ0v) is 10.4. The molecule has 0 radical (unpaired) electrons. The molecule has 0 spiro atoms. The van der Waals surface area contributed by atoms with Crippen LogP contribution in [0.5, 0.6) is 0 Å². The summed E-state index contributed by atoms with van der Waals surface area (Å²) in [5, 5.41) is 17.9. The van der Waals surface area contributed by atoms with Gasteiger partial charge >= 0.3 is 0 Å². The lowest BCUT2D eigenvalue weighted by molar-refractivity contribution is 0.221. The Bertz CT molecular complexity index is 102. The van der Waals surface area contributed by atoms with Crippen LogP contribution in [0.25, 0.3) is 0 Å². The maximum absolute atomic E-state index is 8.92. The molecule has 0 amide bonds. The van der Waals surface area contributed by atoms with E-state index >= 15 is 0 Å². The van der Waals surface area contributed by atoms with E-state index in [-0.39, 0.29) is 18.0 Å². The smallest absolute Gasteiger partial charge is 0.0611 e. The standard InChI is InChI=1S/C6H14O2S4/c1-5(8)4-9-11-12-10-6(2)3-7/h5-8H,3-4H2,1-2H3. The summed E-state index contributed by atoms with van der Waals surface area (Å²) in [4.78, 5) is 0. The van der Waals surface area contributed by atoms with Gasteiger partial charge in [-0.2, -0.15) is 0 Å². The van der Waals surface area contributed by atoms with E-state index in [1.54, 1.807) is 48.2 Å². The fourth-order valence-electron chi connectivity index (χ4n) is 0.259. The molecule has 0 saturated heterocycles. The molecule has 0 aromatic carbocycles. The normalized spacial score (nSPS) is 16.0. The van der Waals surface area contributed by atoms with Crippen molar-refractivity contribution in [3.05, 3.63) is 0 Å². The summed E-state index contributed by atoms with van der Waals surface area (Å²) >= 11 is 0. The predicted molar refractivity (Wildman–Crippen MR) is 63.5 cm³/mol. The average Bonchev–Trinajstić information content (AvgIpc) is 2.03. The molecule has 0 aliphatic rings. The predicted octanol–water partition coefficient (Wildman–Crippen LogP) is 2.43. The highest BCUT2D eigenvalue weighted by Crippen LogP contribution is 2.44. The fourth-order valence-corrected chi connectivity index (χ4v) is 6.61. The summed E-state index contributed by atoms with van der Waals surface area (Å²) in [6.45, 7) is 3.98. The molecular formula is C6H14O2S4. The van der Waals surface area contributed by atoms with E-state index in [0.717, 1.165) is 5.75 Å². The van der Waals surface area contributed by atoms with E-state index in [0.29, 0.717) is 0 Å². The van der Waals surface area contributed by atoms with Crippen molar-refractivity contribution in [2.24, 2.45) is 0 Å². The Balaban J connectivity index is 3.00. The van der Waals surface area contributed by atoms with Crippen LogP contribution in [0.15, 0.2) is 0 Å². The van der Waals surface area contributed by atoms with E-state index in [1.807, 2.05) is 6.92 Å². The van der Waals surface area contributed by atoms with Crippen LogP contribution in [-0.4, -0.2) is 33.9 Å². The Morgan fingerprint density at radius 2 is 1.92 bits per heavy atom. The highest BCUT2D eigenvalue weighted by atomic mass is 33.7. The first-order valence-corrected chi connectivity index (χ1v) is 8.62. The fraction of sp³-hybridized carbons (Fsp3) is 1.00. The van der Waals surface area contributed by atoms with Gasteiger partial charge in [0.2, 0.25) is 0 Å². The molecule has 0 bridgehead atoms. The van der Waals surface area contributed by atoms with Gasteiger partial charge < -0.3 is 10.2 Å². The van der Waals surface area contributed by atoms with Crippen molar-refractivity contribution in [1.82, 2.24) is 0 Å². The van der Waals surface area contributed by atoms with Crippen molar-refractivity contribution in [2.75, 3.05) is 12.4 Å². The molecule has 0 aromatic rings. The summed E-state index contributed by atoms with van der Waals surface area (Å²) in [5.41, 5.74) is 0. The van der Waals surface area contributed by atoms with Crippen molar-refractivity contribution >= 4 is 41.2 Å². The van der Waals surface area contributed by atoms with Gasteiger partial charge in [-0.05, 0) is 26.6 Å². The third kappa shape index (κ3) is 9.41. The van der Waals surface area contributed by atoms with Crippen LogP contribution in [0.2, 0.25) is 0 Å². The van der Waals surface area contributed by atoms with Gasteiger partial charge in [0.05, 0.1) is 12.7 Å². The largest absolute Gasteiger partial charge is 0.395 e. The second kappa shape index (κ2) is 8.90. The van der Waals surface area contributed by atoms with Gasteiger partial charge in [-0.3, -0.25) is 0 Å². The highest BCUT2D eigenvalue weighted by Gasteiger charge is 2.02. The third-order valence-electron chi connectivity index (χ3n) is 0.846. The molecule has 0 heterocycles. The molecule has 0 aliphatic carbocycles. The SMILES string of the molecule is CC(O)CSSSSC(C)CO. The average molecular weight is 246 g/mol. The molecule has 0 rings (SSSR count). The third-order valence-corrected chi connectivity index (χ3v) is 7.83. The van der Waals surface area contributed by atoms with Gasteiger partial charge in [0, 0.05) is 11.0 Å². The van der Waals surface area contributed by atoms with E-state index < -0.39 is 0 Å². The maximum atomic E-state index is 8.92. The molecule has 0 saturated carbocycles. The molecule has 74 valence electrons. The van der Waals surface area contributed by atoms with Gasteiger partial charge in [0.15, 0.2) is 0 Å². The van der Waals surface area contributed by atoms with Crippen LogP contribution < -0.4 is 0 Å². The second-order valence-corrected chi connectivity index (χ2v) is 8.75. The first-order valence-electron chi connectivity index (χ1n) is 3.57. The Labute approximate surface area is 88.8 Å². The maximum Gasteiger partial charge on any atom is 0.0611 e. The summed E-state index contributed by atoms with van der Waals surface area (Å²) in [7, 11) is 6.60. The molecular weight excluding hydrogens is 232 g/mol. The Kier molecular flexibility index (Phi) is 9.88. The van der Waals surface area contributed by atoms with Gasteiger partial charge in [-0.1, -0.05) is 28.5 Å². The van der Waals surface area contributed by atoms with Crippen molar-refractivity contribution in [3.8, 4) is 0 Å². The zero-order chi connectivity index (χ0) is 9.40. The van der Waals surface area contributed by atoms with E-state index in [1.165, 1.54) is 0 Å². The molecule has 0 fully saturated rings. The molecule has 2 unspecified atom stereocenters. The highest BCUT2D eigenvalue weighted by molar-refractivity contribution is 9.26. The molecule has 0 aromatic heterocycles. The number of hydrogen-bond donors (Lipinski definition) is 2. The van der Waals surface area contributed by atoms with Gasteiger partial charge in [-0.15, -0.1) is 0 Å². The lowest BCUT2D eigenvalue weighted by Gasteiger charge is -2.05. The Morgan fingerprint density at radius 3 is 2.42 bits per heavy atom. The van der Waals surface area contributed by atoms with Crippen molar-refractivity contribution in [1.29, 1.82) is 0 Å². The van der Waals surface area contributed by atoms with Crippen LogP contribution in [0.1, 0.15) is 13.8 Å². The summed E-state index contributed by atoms with van der Waals surface area (Å²) in [6.07, 6.45) is -0.233. The topological polar surface area (TPSA) is 40.5 Å². The molecule has 6 heteroatoms. The van der Waals surface area contributed by atoms with Crippen molar-refractivity contribution < 1.29 is 10.2 Å². The van der Waals surface area contributed by atoms with Crippen LogP contribution >= 0.6 is 41.2 Å². The van der Waals surface area contributed by atoms with Crippen LogP contribution in [-0.2, 0) is 0 Å². The quantitative estimate of drug-likeness (QED) is 0.531. The molecule has 2 atom stereocenters. The van der Waals surface area contributed by atoms with Gasteiger partial charge in [0.25, 0.3) is 0 Å². The number of aliphatic hydroxyl groups excluding tert-OH is 2. The van der Waals surface area contributed by atoms with Gasteiger partial charge in [0.1, 0.15) is 0 Å². The number of hydrogen-bond acceptors (Lipinski definition) is 6. The Hall–Kier alpha value is 1.32. The minimum atomic E-state index is -0.233. The molecule has 2 N–H and O–H groups in total. The first kappa shape index (κ1) is 13.3. The van der Waals surface area contributed by atoms with Crippen LogP contribution in [0, 0.1) is 0 Å². The van der Waals surface area contributed by atoms with Crippen LogP contribution in [0.4, 0.5) is 0 Å². The van der Waals surface area contributed by atoms with Crippen LogP contribution in [0.3, 0.4) is 0 Å². The van der Waals surface area contributed by atoms with Gasteiger partial charge in [-0.25, -0.2) is 0 Å². The summed E-state index contributed by atoms with van der Waals surface area (Å²) < 4.78 is 0. The van der Waals surface area contributed by atoms with Crippen molar-refractivity contribution in [2.45, 2.75) is 25.2 Å². The molecule has 0 aliphatic heterocycles. The van der Waals surface area contributed by atoms with Crippen molar-refractivity contribution in [3.63, 3.8) is 0 Å². The van der Waals surface area contributed by atoms with E-state index in [4.69, 9.17) is 10.2 Å². The molecule has 2 nitrogen and oxygen atoms in total. The lowest BCUT2D eigenvalue weighted by Crippen LogP contribution is -2.00. The zero-order valence-electron chi connectivity index (χ0n) is 7.10. The Morgan fingerprint density at radius 1 is 1.25 bits per heavy atom. The summed E-state index contributed by atoms with van der Waals surface area (Å²) in [5.74, 6) is 0.756. The number of aliphatic hydroxyl groups is 2. The number of rotatable bonds is 7. The molecule has 12 heavy (non-hydrogen) atoms. The first-order chi connectivity index (χ1) is 5.66. The second-order valence-electron chi connectivity index (χ2n) is 2.36. The summed E-state index contributed by atoms with van der Waals surface area (Å²) in [6, 6.07) is 0. The van der Waals surface area contributed by atoms with E-state index in [2.05, 4.69) is 0 Å². The van der Waals surface area contributed by atoms with E-state index in [9.17, 15) is 0 Å². The lowest BCUT2D eigenvalue weighted by atomic mass is 10.5. The minimum absolute atomic E-state index is 0.222. The monoisotopic (exact) mass is 246 g/mol. The minimum Gasteiger partial charge on any atom is -0.395 e.